The number of thiophene rings is 1. The lowest BCUT2D eigenvalue weighted by Gasteiger charge is -2.36. The highest BCUT2D eigenvalue weighted by Crippen LogP contribution is 2.37. The highest BCUT2D eigenvalue weighted by molar-refractivity contribution is 7.80. The summed E-state index contributed by atoms with van der Waals surface area (Å²) in [5.41, 5.74) is 0.988. The number of benzene rings is 3. The monoisotopic (exact) mass is 499 g/mol. The summed E-state index contributed by atoms with van der Waals surface area (Å²) in [5.74, 6) is -0.0418. The molecule has 1 aromatic heterocycles. The van der Waals surface area contributed by atoms with Gasteiger partial charge in [-0.15, -0.1) is 11.3 Å². The van der Waals surface area contributed by atoms with Crippen LogP contribution in [0.15, 0.2) is 60.7 Å². The predicted molar refractivity (Wildman–Crippen MR) is 139 cm³/mol. The van der Waals surface area contributed by atoms with E-state index in [0.29, 0.717) is 46.2 Å². The molecule has 0 atom stereocenters. The molecule has 1 aliphatic rings. The van der Waals surface area contributed by atoms with Crippen LogP contribution >= 0.6 is 46.8 Å². The van der Waals surface area contributed by atoms with Crippen molar-refractivity contribution in [1.82, 2.24) is 9.80 Å². The van der Waals surface area contributed by atoms with Gasteiger partial charge < -0.3 is 15.1 Å². The fraction of sp³-hybridized carbons (Fsp3) is 0.167. The Kier molecular flexibility index (Phi) is 5.95. The second kappa shape index (κ2) is 8.87. The minimum Gasteiger partial charge on any atom is -0.345 e. The van der Waals surface area contributed by atoms with E-state index >= 15 is 0 Å². The molecule has 162 valence electrons. The zero-order chi connectivity index (χ0) is 22.2. The summed E-state index contributed by atoms with van der Waals surface area (Å²) < 4.78 is 0.921. The summed E-state index contributed by atoms with van der Waals surface area (Å²) in [4.78, 5) is 17.7. The van der Waals surface area contributed by atoms with E-state index in [1.807, 2.05) is 41.3 Å². The van der Waals surface area contributed by atoms with Crippen molar-refractivity contribution in [2.75, 3.05) is 31.5 Å². The smallest absolute Gasteiger partial charge is 0.265 e. The number of hydrogen-bond donors (Lipinski definition) is 1. The van der Waals surface area contributed by atoms with Crippen LogP contribution in [-0.2, 0) is 0 Å². The van der Waals surface area contributed by atoms with Gasteiger partial charge in [-0.1, -0.05) is 65.7 Å². The maximum Gasteiger partial charge on any atom is 0.265 e. The number of anilines is 1. The SMILES string of the molecule is O=C(c1sc2cc(Cl)ccc2c1Cl)N1CCN(C(=S)Nc2cccc3ccccc23)CC1. The molecule has 0 aliphatic carbocycles. The molecule has 1 fully saturated rings. The Morgan fingerprint density at radius 3 is 2.44 bits per heavy atom. The van der Waals surface area contributed by atoms with Crippen LogP contribution in [0.2, 0.25) is 10.0 Å². The first-order chi connectivity index (χ1) is 15.5. The van der Waals surface area contributed by atoms with Crippen molar-refractivity contribution < 1.29 is 4.79 Å². The summed E-state index contributed by atoms with van der Waals surface area (Å²) in [5, 5.41) is 8.35. The number of nitrogens with zero attached hydrogens (tertiary/aromatic N) is 2. The normalized spacial score (nSPS) is 14.2. The van der Waals surface area contributed by atoms with E-state index in [2.05, 4.69) is 28.4 Å². The van der Waals surface area contributed by atoms with E-state index in [-0.39, 0.29) is 5.91 Å². The van der Waals surface area contributed by atoms with Gasteiger partial charge in [0, 0.05) is 52.4 Å². The molecule has 4 aromatic rings. The quantitative estimate of drug-likeness (QED) is 0.318. The molecule has 1 saturated heterocycles. The summed E-state index contributed by atoms with van der Waals surface area (Å²) in [6.07, 6.45) is 0. The molecule has 5 rings (SSSR count). The molecule has 4 nitrogen and oxygen atoms in total. The van der Waals surface area contributed by atoms with E-state index in [9.17, 15) is 4.79 Å². The number of piperazine rings is 1. The van der Waals surface area contributed by atoms with Crippen LogP contribution in [0.5, 0.6) is 0 Å². The van der Waals surface area contributed by atoms with Crippen LogP contribution in [0.1, 0.15) is 9.67 Å². The van der Waals surface area contributed by atoms with E-state index < -0.39 is 0 Å². The van der Waals surface area contributed by atoms with Gasteiger partial charge in [-0.3, -0.25) is 4.79 Å². The molecule has 0 unspecified atom stereocenters. The predicted octanol–water partition coefficient (Wildman–Crippen LogP) is 6.52. The molecular formula is C24H19Cl2N3OS2. The fourth-order valence-corrected chi connectivity index (χ4v) is 6.01. The average Bonchev–Trinajstić information content (AvgIpc) is 3.14. The van der Waals surface area contributed by atoms with Crippen LogP contribution in [0.25, 0.3) is 20.9 Å². The zero-order valence-electron chi connectivity index (χ0n) is 17.0. The lowest BCUT2D eigenvalue weighted by molar-refractivity contribution is 0.0698. The van der Waals surface area contributed by atoms with Gasteiger partial charge in [-0.25, -0.2) is 0 Å². The van der Waals surface area contributed by atoms with E-state index in [1.54, 1.807) is 6.07 Å². The number of carbonyl (C=O) groups excluding carboxylic acids is 1. The third-order valence-corrected chi connectivity index (χ3v) is 7.91. The Hall–Kier alpha value is -2.38. The first-order valence-corrected chi connectivity index (χ1v) is 12.2. The summed E-state index contributed by atoms with van der Waals surface area (Å²) in [6.45, 7) is 2.50. The molecule has 0 radical (unpaired) electrons. The number of nitrogens with one attached hydrogen (secondary N) is 1. The highest BCUT2D eigenvalue weighted by Gasteiger charge is 2.27. The van der Waals surface area contributed by atoms with Gasteiger partial charge in [0.25, 0.3) is 5.91 Å². The summed E-state index contributed by atoms with van der Waals surface area (Å²) >= 11 is 19.7. The first kappa shape index (κ1) is 21.5. The van der Waals surface area contributed by atoms with Crippen molar-refractivity contribution in [2.45, 2.75) is 0 Å². The average molecular weight is 500 g/mol. The van der Waals surface area contributed by atoms with Crippen molar-refractivity contribution in [1.29, 1.82) is 0 Å². The third kappa shape index (κ3) is 4.04. The molecule has 1 N–H and O–H groups in total. The Bertz CT molecular complexity index is 1340. The van der Waals surface area contributed by atoms with Crippen molar-refractivity contribution in [3.8, 4) is 0 Å². The lowest BCUT2D eigenvalue weighted by atomic mass is 10.1. The number of halogens is 2. The van der Waals surface area contributed by atoms with Gasteiger partial charge in [0.05, 0.1) is 5.02 Å². The Morgan fingerprint density at radius 2 is 1.62 bits per heavy atom. The second-order valence-corrected chi connectivity index (χ2v) is 9.88. The molecule has 8 heteroatoms. The Morgan fingerprint density at radius 1 is 0.906 bits per heavy atom. The van der Waals surface area contributed by atoms with Crippen LogP contribution in [0.3, 0.4) is 0 Å². The summed E-state index contributed by atoms with van der Waals surface area (Å²) in [6, 6.07) is 19.9. The van der Waals surface area contributed by atoms with E-state index in [1.165, 1.54) is 11.3 Å². The number of amides is 1. The van der Waals surface area contributed by atoms with Gasteiger partial charge in [0.1, 0.15) is 4.88 Å². The maximum absolute atomic E-state index is 13.1. The lowest BCUT2D eigenvalue weighted by Crippen LogP contribution is -2.51. The minimum absolute atomic E-state index is 0.0418. The number of thiocarbonyl (C=S) groups is 1. The van der Waals surface area contributed by atoms with Crippen LogP contribution in [-0.4, -0.2) is 47.0 Å². The van der Waals surface area contributed by atoms with Crippen LogP contribution in [0, 0.1) is 0 Å². The van der Waals surface area contributed by atoms with Gasteiger partial charge in [-0.2, -0.15) is 0 Å². The molecule has 0 spiro atoms. The maximum atomic E-state index is 13.1. The second-order valence-electron chi connectivity index (χ2n) is 7.62. The molecule has 2 heterocycles. The van der Waals surface area contributed by atoms with E-state index in [4.69, 9.17) is 35.4 Å². The van der Waals surface area contributed by atoms with Crippen molar-refractivity contribution >= 4 is 84.3 Å². The highest BCUT2D eigenvalue weighted by atomic mass is 35.5. The standard InChI is InChI=1S/C24H19Cl2N3OS2/c25-16-8-9-18-20(14-16)32-22(21(18)26)23(30)28-10-12-29(13-11-28)24(31)27-19-7-3-5-15-4-1-2-6-17(15)19/h1-9,14H,10-13H2,(H,27,31). The molecule has 1 amide bonds. The number of carbonyl (C=O) groups is 1. The van der Waals surface area contributed by atoms with Crippen LogP contribution in [0.4, 0.5) is 5.69 Å². The largest absolute Gasteiger partial charge is 0.345 e. The Labute approximate surface area is 205 Å². The molecular weight excluding hydrogens is 481 g/mol. The summed E-state index contributed by atoms with van der Waals surface area (Å²) in [7, 11) is 0. The molecule has 3 aromatic carbocycles. The van der Waals surface area contributed by atoms with Gasteiger partial charge in [0.15, 0.2) is 5.11 Å². The topological polar surface area (TPSA) is 35.6 Å². The van der Waals surface area contributed by atoms with Gasteiger partial charge >= 0.3 is 0 Å². The minimum atomic E-state index is -0.0418. The molecule has 0 bridgehead atoms. The Balaban J connectivity index is 1.26. The first-order valence-electron chi connectivity index (χ1n) is 10.2. The van der Waals surface area contributed by atoms with E-state index in [0.717, 1.165) is 26.5 Å². The number of hydrogen-bond acceptors (Lipinski definition) is 3. The number of fused-ring (bicyclic) bond motifs is 2. The van der Waals surface area contributed by atoms with Gasteiger partial charge in [-0.05, 0) is 35.8 Å². The molecule has 32 heavy (non-hydrogen) atoms. The van der Waals surface area contributed by atoms with Crippen molar-refractivity contribution in [2.24, 2.45) is 0 Å². The van der Waals surface area contributed by atoms with Crippen LogP contribution < -0.4 is 5.32 Å². The fourth-order valence-electron chi connectivity index (χ4n) is 3.96. The molecule has 0 saturated carbocycles. The van der Waals surface area contributed by atoms with Crippen molar-refractivity contribution in [3.05, 3.63) is 75.6 Å². The van der Waals surface area contributed by atoms with Gasteiger partial charge in [0.2, 0.25) is 0 Å². The number of rotatable bonds is 2. The molecule has 1 aliphatic heterocycles. The third-order valence-electron chi connectivity index (χ3n) is 5.67. The van der Waals surface area contributed by atoms with Crippen molar-refractivity contribution in [3.63, 3.8) is 0 Å². The zero-order valence-corrected chi connectivity index (χ0v) is 20.1.